The number of benzene rings is 1. The van der Waals surface area contributed by atoms with Crippen LogP contribution in [0.5, 0.6) is 0 Å². The van der Waals surface area contributed by atoms with Crippen LogP contribution in [0.3, 0.4) is 0 Å². The van der Waals surface area contributed by atoms with Crippen molar-refractivity contribution in [2.24, 2.45) is 23.2 Å². The van der Waals surface area contributed by atoms with Crippen LogP contribution in [0.25, 0.3) is 0 Å². The fraction of sp³-hybridized carbons (Fsp3) is 0.619. The van der Waals surface area contributed by atoms with E-state index < -0.39 is 0 Å². The smallest absolute Gasteiger partial charge is 0.232 e. The summed E-state index contributed by atoms with van der Waals surface area (Å²) in [5.74, 6) is 2.89. The molecule has 2 N–H and O–H groups in total. The van der Waals surface area contributed by atoms with Crippen LogP contribution in [0.15, 0.2) is 22.7 Å². The van der Waals surface area contributed by atoms with Crippen LogP contribution in [-0.2, 0) is 4.79 Å². The van der Waals surface area contributed by atoms with E-state index in [1.807, 2.05) is 6.07 Å². The summed E-state index contributed by atoms with van der Waals surface area (Å²) in [6.07, 6.45) is 7.18. The molecular weight excluding hydrogens is 408 g/mol. The summed E-state index contributed by atoms with van der Waals surface area (Å²) in [7, 11) is 0. The summed E-state index contributed by atoms with van der Waals surface area (Å²) in [4.78, 5) is 13.1. The number of nitrogens with one attached hydrogen (secondary N) is 2. The lowest BCUT2D eigenvalue weighted by molar-refractivity contribution is -0.144. The molecule has 0 spiro atoms. The summed E-state index contributed by atoms with van der Waals surface area (Å²) in [6, 6.07) is 6.22. The Bertz CT molecular complexity index is 710. The highest BCUT2D eigenvalue weighted by molar-refractivity contribution is 9.10. The van der Waals surface area contributed by atoms with Crippen molar-refractivity contribution in [2.45, 2.75) is 58.3 Å². The third-order valence-corrected chi connectivity index (χ3v) is 7.52. The zero-order valence-electron chi connectivity index (χ0n) is 15.5. The van der Waals surface area contributed by atoms with Gasteiger partial charge in [-0.15, -0.1) is 0 Å². The minimum Gasteiger partial charge on any atom is -0.331 e. The summed E-state index contributed by atoms with van der Waals surface area (Å²) in [5, 5.41) is 6.61. The molecule has 3 nitrogen and oxygen atoms in total. The molecule has 26 heavy (non-hydrogen) atoms. The zero-order chi connectivity index (χ0) is 18.5. The van der Waals surface area contributed by atoms with Gasteiger partial charge in [-0.05, 0) is 108 Å². The Morgan fingerprint density at radius 1 is 1.15 bits per heavy atom. The highest BCUT2D eigenvalue weighted by atomic mass is 79.9. The molecule has 0 aliphatic heterocycles. The summed E-state index contributed by atoms with van der Waals surface area (Å²) in [5.41, 5.74) is 2.00. The van der Waals surface area contributed by atoms with E-state index >= 15 is 0 Å². The van der Waals surface area contributed by atoms with Crippen molar-refractivity contribution in [3.63, 3.8) is 0 Å². The number of thiocarbonyl (C=S) groups is 1. The monoisotopic (exact) mass is 434 g/mol. The van der Waals surface area contributed by atoms with Crippen LogP contribution in [-0.4, -0.2) is 11.0 Å². The predicted molar refractivity (Wildman–Crippen MR) is 113 cm³/mol. The Morgan fingerprint density at radius 3 is 2.23 bits per heavy atom. The number of hydrogen-bond donors (Lipinski definition) is 2. The highest BCUT2D eigenvalue weighted by Crippen LogP contribution is 2.60. The fourth-order valence-corrected chi connectivity index (χ4v) is 6.47. The van der Waals surface area contributed by atoms with Gasteiger partial charge in [0.05, 0.1) is 11.1 Å². The van der Waals surface area contributed by atoms with Crippen molar-refractivity contribution in [3.8, 4) is 0 Å². The Hall–Kier alpha value is -0.940. The third-order valence-electron chi connectivity index (χ3n) is 6.65. The molecule has 1 amide bonds. The molecule has 0 radical (unpaired) electrons. The highest BCUT2D eigenvalue weighted by Gasteiger charge is 2.54. The number of hydrogen-bond acceptors (Lipinski definition) is 2. The standard InChI is InChI=1S/C21H27BrN2OS/c1-12(2)16-3-4-18(17(22)8-16)23-20(26)24-19(25)21-9-13-5-14(10-21)7-15(6-13)11-21/h3-4,8,12-15H,5-7,9-11H2,1-2H3,(H2,23,24,25,26). The van der Waals surface area contributed by atoms with E-state index in [1.165, 1.54) is 24.8 Å². The molecule has 4 bridgehead atoms. The van der Waals surface area contributed by atoms with E-state index in [0.717, 1.165) is 47.2 Å². The van der Waals surface area contributed by atoms with Gasteiger partial charge in [0.2, 0.25) is 5.91 Å². The molecule has 4 aliphatic carbocycles. The molecule has 4 saturated carbocycles. The number of rotatable bonds is 3. The van der Waals surface area contributed by atoms with Crippen molar-refractivity contribution in [2.75, 3.05) is 5.32 Å². The van der Waals surface area contributed by atoms with E-state index in [-0.39, 0.29) is 11.3 Å². The molecule has 4 aliphatic rings. The van der Waals surface area contributed by atoms with Gasteiger partial charge in [0, 0.05) is 4.47 Å². The lowest BCUT2D eigenvalue weighted by Crippen LogP contribution is -2.55. The van der Waals surface area contributed by atoms with Gasteiger partial charge in [-0.1, -0.05) is 19.9 Å². The molecule has 0 aromatic heterocycles. The first-order valence-corrected chi connectivity index (χ1v) is 11.0. The van der Waals surface area contributed by atoms with Crippen LogP contribution < -0.4 is 10.6 Å². The molecule has 0 unspecified atom stereocenters. The van der Waals surface area contributed by atoms with Gasteiger partial charge in [0.25, 0.3) is 0 Å². The van der Waals surface area contributed by atoms with Crippen LogP contribution in [0.1, 0.15) is 63.9 Å². The van der Waals surface area contributed by atoms with Crippen molar-refractivity contribution in [1.82, 2.24) is 5.32 Å². The van der Waals surface area contributed by atoms with E-state index in [0.29, 0.717) is 11.0 Å². The van der Waals surface area contributed by atoms with Gasteiger partial charge in [-0.2, -0.15) is 0 Å². The van der Waals surface area contributed by atoms with Crippen molar-refractivity contribution in [3.05, 3.63) is 28.2 Å². The predicted octanol–water partition coefficient (Wildman–Crippen LogP) is 5.60. The number of halogens is 1. The third kappa shape index (κ3) is 3.45. The molecular formula is C21H27BrN2OS. The lowest BCUT2D eigenvalue weighted by Gasteiger charge is -2.55. The summed E-state index contributed by atoms with van der Waals surface area (Å²) in [6.45, 7) is 4.34. The van der Waals surface area contributed by atoms with E-state index in [1.54, 1.807) is 0 Å². The average Bonchev–Trinajstić information content (AvgIpc) is 2.55. The zero-order valence-corrected chi connectivity index (χ0v) is 17.9. The number of anilines is 1. The number of carbonyl (C=O) groups is 1. The topological polar surface area (TPSA) is 41.1 Å². The molecule has 140 valence electrons. The first kappa shape index (κ1) is 18.4. The second kappa shape index (κ2) is 6.90. The normalized spacial score (nSPS) is 31.9. The number of carbonyl (C=O) groups excluding carboxylic acids is 1. The molecule has 4 fully saturated rings. The van der Waals surface area contributed by atoms with Crippen LogP contribution in [0.2, 0.25) is 0 Å². The molecule has 1 aromatic rings. The minimum atomic E-state index is -0.167. The van der Waals surface area contributed by atoms with Gasteiger partial charge in [-0.25, -0.2) is 0 Å². The second-order valence-corrected chi connectivity index (χ2v) is 10.3. The fourth-order valence-electron chi connectivity index (χ4n) is 5.77. The molecule has 0 saturated heterocycles. The first-order chi connectivity index (χ1) is 12.3. The largest absolute Gasteiger partial charge is 0.331 e. The van der Waals surface area contributed by atoms with Crippen LogP contribution in [0, 0.1) is 23.2 Å². The quantitative estimate of drug-likeness (QED) is 0.607. The van der Waals surface area contributed by atoms with Crippen molar-refractivity contribution < 1.29 is 4.79 Å². The van der Waals surface area contributed by atoms with Gasteiger partial charge >= 0.3 is 0 Å². The van der Waals surface area contributed by atoms with Crippen LogP contribution >= 0.6 is 28.1 Å². The Kier molecular flexibility index (Phi) is 4.89. The molecule has 0 atom stereocenters. The van der Waals surface area contributed by atoms with Gasteiger partial charge in [0.15, 0.2) is 5.11 Å². The maximum absolute atomic E-state index is 13.1. The Morgan fingerprint density at radius 2 is 1.73 bits per heavy atom. The molecule has 5 rings (SSSR count). The SMILES string of the molecule is CC(C)c1ccc(NC(=S)NC(=O)C23CC4CC(CC(C4)C2)C3)c(Br)c1. The molecule has 5 heteroatoms. The second-order valence-electron chi connectivity index (χ2n) is 9.00. The van der Waals surface area contributed by atoms with Gasteiger partial charge < -0.3 is 10.6 Å². The van der Waals surface area contributed by atoms with Crippen molar-refractivity contribution >= 4 is 44.9 Å². The molecule has 1 aromatic carbocycles. The van der Waals surface area contributed by atoms with E-state index in [2.05, 4.69) is 52.5 Å². The van der Waals surface area contributed by atoms with Crippen LogP contribution in [0.4, 0.5) is 5.69 Å². The lowest BCUT2D eigenvalue weighted by atomic mass is 9.49. The van der Waals surface area contributed by atoms with Gasteiger partial charge in [-0.3, -0.25) is 4.79 Å². The Balaban J connectivity index is 1.41. The average molecular weight is 435 g/mol. The maximum atomic E-state index is 13.1. The molecule has 0 heterocycles. The first-order valence-electron chi connectivity index (χ1n) is 9.76. The van der Waals surface area contributed by atoms with E-state index in [4.69, 9.17) is 12.2 Å². The van der Waals surface area contributed by atoms with Crippen molar-refractivity contribution in [1.29, 1.82) is 0 Å². The number of amides is 1. The maximum Gasteiger partial charge on any atom is 0.232 e. The minimum absolute atomic E-state index is 0.143. The summed E-state index contributed by atoms with van der Waals surface area (Å²) < 4.78 is 0.968. The van der Waals surface area contributed by atoms with E-state index in [9.17, 15) is 4.79 Å². The van der Waals surface area contributed by atoms with Gasteiger partial charge in [0.1, 0.15) is 0 Å². The Labute approximate surface area is 169 Å². The summed E-state index contributed by atoms with van der Waals surface area (Å²) >= 11 is 9.05.